The van der Waals surface area contributed by atoms with Gasteiger partial charge in [-0.1, -0.05) is 22.6 Å². The molecule has 1 fully saturated rings. The zero-order valence-corrected chi connectivity index (χ0v) is 12.1. The van der Waals surface area contributed by atoms with Crippen molar-refractivity contribution in [2.75, 3.05) is 11.9 Å². The van der Waals surface area contributed by atoms with Crippen molar-refractivity contribution in [3.05, 3.63) is 26.3 Å². The van der Waals surface area contributed by atoms with Crippen LogP contribution in [0.3, 0.4) is 0 Å². The second kappa shape index (κ2) is 6.46. The quantitative estimate of drug-likeness (QED) is 0.551. The zero-order chi connectivity index (χ0) is 13.8. The number of nitrogens with one attached hydrogen (secondary N) is 2. The second-order valence-electron chi connectivity index (χ2n) is 4.12. The normalized spacial score (nSPS) is 27.0. The lowest BCUT2D eigenvalue weighted by Gasteiger charge is -2.18. The van der Waals surface area contributed by atoms with Crippen LogP contribution < -0.4 is 11.0 Å². The number of hydrogen-bond donors (Lipinski definition) is 4. The molecular weight excluding hydrogens is 365 g/mol. The summed E-state index contributed by atoms with van der Waals surface area (Å²) in [5.74, 6) is 0.426. The average Bonchev–Trinajstić information content (AvgIpc) is 2.74. The highest BCUT2D eigenvalue weighted by Crippen LogP contribution is 2.23. The predicted molar refractivity (Wildman–Crippen MR) is 77.9 cm³/mol. The minimum absolute atomic E-state index is 0.150. The molecule has 1 aromatic heterocycles. The summed E-state index contributed by atoms with van der Waals surface area (Å²) in [6.07, 6.45) is 1.73. The Balaban J connectivity index is 2.18. The molecule has 1 aliphatic heterocycles. The van der Waals surface area contributed by atoms with Gasteiger partial charge in [-0.3, -0.25) is 4.98 Å². The Labute approximate surface area is 122 Å². The molecule has 0 spiro atoms. The summed E-state index contributed by atoms with van der Waals surface area (Å²) in [7, 11) is 0. The van der Waals surface area contributed by atoms with Gasteiger partial charge in [0.1, 0.15) is 11.9 Å². The Morgan fingerprint density at radius 1 is 1.68 bits per heavy atom. The Hall–Kier alpha value is -0.970. The first-order valence-electron chi connectivity index (χ1n) is 5.71. The molecule has 4 N–H and O–H groups in total. The molecule has 2 rings (SSSR count). The van der Waals surface area contributed by atoms with Crippen molar-refractivity contribution >= 4 is 34.5 Å². The van der Waals surface area contributed by atoms with E-state index in [1.165, 1.54) is 6.20 Å². The molecule has 0 aliphatic carbocycles. The summed E-state index contributed by atoms with van der Waals surface area (Å²) in [4.78, 5) is 17.4. The Morgan fingerprint density at radius 3 is 3.11 bits per heavy atom. The number of aromatic amines is 1. The van der Waals surface area contributed by atoms with E-state index in [-0.39, 0.29) is 6.61 Å². The van der Waals surface area contributed by atoms with Crippen molar-refractivity contribution in [3.63, 3.8) is 0 Å². The Morgan fingerprint density at radius 2 is 2.47 bits per heavy atom. The summed E-state index contributed by atoms with van der Waals surface area (Å²) in [6.45, 7) is -0.150. The van der Waals surface area contributed by atoms with Crippen LogP contribution >= 0.6 is 22.6 Å². The maximum absolute atomic E-state index is 11.2. The van der Waals surface area contributed by atoms with E-state index in [0.29, 0.717) is 17.8 Å². The smallest absolute Gasteiger partial charge is 0.346 e. The second-order valence-corrected chi connectivity index (χ2v) is 4.84. The summed E-state index contributed by atoms with van der Waals surface area (Å²) in [5, 5.41) is 21.7. The highest BCUT2D eigenvalue weighted by atomic mass is 127. The van der Waals surface area contributed by atoms with Gasteiger partial charge in [0, 0.05) is 18.2 Å². The third-order valence-corrected chi connectivity index (χ3v) is 3.13. The number of nitrogens with zero attached hydrogens (tertiary/aromatic N) is 1. The van der Waals surface area contributed by atoms with Gasteiger partial charge < -0.3 is 20.3 Å². The lowest BCUT2D eigenvalue weighted by Crippen LogP contribution is -2.31. The lowest BCUT2D eigenvalue weighted by atomic mass is 10.2. The highest BCUT2D eigenvalue weighted by molar-refractivity contribution is 14.1. The molecule has 0 amide bonds. The van der Waals surface area contributed by atoms with Gasteiger partial charge in [-0.05, 0) is 10.2 Å². The standard InChI is InChI=1S/C11H14IN3O4/c12-2-1-6-4-13-11(18)15-9(6)14-10-8(17)3-7(5-16)19-10/h1-2,4,7-8,10,16-17H,3,5H2,(H2,13,14,15,18)/t7-,8+,10+/m0/s1. The third-order valence-electron chi connectivity index (χ3n) is 2.77. The fraction of sp³-hybridized carbons (Fsp3) is 0.455. The number of hydrogen-bond acceptors (Lipinski definition) is 6. The molecule has 0 radical (unpaired) electrons. The molecule has 8 heteroatoms. The highest BCUT2D eigenvalue weighted by Gasteiger charge is 2.33. The van der Waals surface area contributed by atoms with Crippen molar-refractivity contribution in [1.29, 1.82) is 0 Å². The van der Waals surface area contributed by atoms with Crippen LogP contribution in [-0.4, -0.2) is 45.2 Å². The summed E-state index contributed by atoms with van der Waals surface area (Å²) < 4.78 is 7.20. The molecule has 0 aromatic carbocycles. The Bertz CT molecular complexity index is 519. The lowest BCUT2D eigenvalue weighted by molar-refractivity contribution is 0.00512. The SMILES string of the molecule is O=c1ncc(C=CI)c(N[C@@H]2O[C@H](CO)C[C@H]2O)[nH]1. The molecule has 1 aromatic rings. The van der Waals surface area contributed by atoms with Gasteiger partial charge in [0.05, 0.1) is 12.7 Å². The maximum Gasteiger partial charge on any atom is 0.346 e. The van der Waals surface area contributed by atoms with Crippen molar-refractivity contribution < 1.29 is 14.9 Å². The van der Waals surface area contributed by atoms with E-state index < -0.39 is 24.1 Å². The van der Waals surface area contributed by atoms with Crippen LogP contribution in [0.25, 0.3) is 6.08 Å². The van der Waals surface area contributed by atoms with E-state index >= 15 is 0 Å². The fourth-order valence-electron chi connectivity index (χ4n) is 1.85. The predicted octanol–water partition coefficient (Wildman–Crippen LogP) is 0.0557. The number of anilines is 1. The molecule has 104 valence electrons. The number of halogens is 1. The molecule has 1 aliphatic rings. The van der Waals surface area contributed by atoms with Crippen molar-refractivity contribution in [1.82, 2.24) is 9.97 Å². The molecule has 7 nitrogen and oxygen atoms in total. The van der Waals surface area contributed by atoms with Crippen LogP contribution in [-0.2, 0) is 4.74 Å². The zero-order valence-electron chi connectivity index (χ0n) is 9.91. The summed E-state index contributed by atoms with van der Waals surface area (Å²) in [6, 6.07) is 0. The van der Waals surface area contributed by atoms with E-state index in [9.17, 15) is 9.90 Å². The summed E-state index contributed by atoms with van der Waals surface area (Å²) in [5.41, 5.74) is 0.191. The van der Waals surface area contributed by atoms with E-state index in [4.69, 9.17) is 9.84 Å². The molecule has 0 saturated carbocycles. The minimum atomic E-state index is -0.745. The number of ether oxygens (including phenoxy) is 1. The first-order chi connectivity index (χ1) is 9.13. The first kappa shape index (κ1) is 14.4. The molecular formula is C11H14IN3O4. The van der Waals surface area contributed by atoms with Crippen molar-refractivity contribution in [3.8, 4) is 0 Å². The number of H-pyrrole nitrogens is 1. The van der Waals surface area contributed by atoms with Gasteiger partial charge >= 0.3 is 5.69 Å². The number of aliphatic hydroxyl groups is 2. The topological polar surface area (TPSA) is 107 Å². The van der Waals surface area contributed by atoms with Crippen LogP contribution in [0.15, 0.2) is 15.1 Å². The van der Waals surface area contributed by atoms with Gasteiger partial charge in [0.15, 0.2) is 6.23 Å². The van der Waals surface area contributed by atoms with E-state index in [1.807, 2.05) is 0 Å². The molecule has 3 atom stereocenters. The van der Waals surface area contributed by atoms with E-state index in [0.717, 1.165) is 0 Å². The maximum atomic E-state index is 11.2. The van der Waals surface area contributed by atoms with Crippen LogP contribution in [0.5, 0.6) is 0 Å². The van der Waals surface area contributed by atoms with Crippen molar-refractivity contribution in [2.45, 2.75) is 24.9 Å². The fourth-order valence-corrected chi connectivity index (χ4v) is 2.24. The molecule has 1 saturated heterocycles. The molecule has 0 bridgehead atoms. The minimum Gasteiger partial charge on any atom is -0.394 e. The van der Waals surface area contributed by atoms with Gasteiger partial charge in [-0.25, -0.2) is 9.78 Å². The Kier molecular flexibility index (Phi) is 4.91. The van der Waals surface area contributed by atoms with Gasteiger partial charge in [-0.15, -0.1) is 0 Å². The summed E-state index contributed by atoms with van der Waals surface area (Å²) >= 11 is 2.05. The van der Waals surface area contributed by atoms with Crippen LogP contribution in [0.1, 0.15) is 12.0 Å². The van der Waals surface area contributed by atoms with Crippen LogP contribution in [0.4, 0.5) is 5.82 Å². The van der Waals surface area contributed by atoms with Gasteiger partial charge in [0.2, 0.25) is 0 Å². The third kappa shape index (κ3) is 3.53. The molecule has 0 unspecified atom stereocenters. The monoisotopic (exact) mass is 379 g/mol. The number of aliphatic hydroxyl groups excluding tert-OH is 2. The van der Waals surface area contributed by atoms with Gasteiger partial charge in [-0.2, -0.15) is 0 Å². The number of aromatic nitrogens is 2. The first-order valence-corrected chi connectivity index (χ1v) is 6.95. The average molecular weight is 379 g/mol. The molecule has 2 heterocycles. The van der Waals surface area contributed by atoms with Crippen LogP contribution in [0.2, 0.25) is 0 Å². The number of rotatable bonds is 4. The van der Waals surface area contributed by atoms with Crippen molar-refractivity contribution in [2.24, 2.45) is 0 Å². The van der Waals surface area contributed by atoms with Gasteiger partial charge in [0.25, 0.3) is 0 Å². The largest absolute Gasteiger partial charge is 0.394 e. The molecule has 19 heavy (non-hydrogen) atoms. The van der Waals surface area contributed by atoms with E-state index in [1.54, 1.807) is 10.2 Å². The van der Waals surface area contributed by atoms with Crippen LogP contribution in [0, 0.1) is 0 Å². The van der Waals surface area contributed by atoms with E-state index in [2.05, 4.69) is 37.9 Å².